The molecular formula is C14H9Cl2NO2. The van der Waals surface area contributed by atoms with Gasteiger partial charge in [-0.3, -0.25) is 4.79 Å². The lowest BCUT2D eigenvalue weighted by molar-refractivity contribution is 0.0524. The number of carbonyl (C=O) groups excluding carboxylic acids is 1. The van der Waals surface area contributed by atoms with Crippen molar-refractivity contribution < 1.29 is 9.53 Å². The second-order valence-corrected chi connectivity index (χ2v) is 4.82. The summed E-state index contributed by atoms with van der Waals surface area (Å²) in [7, 11) is 0. The van der Waals surface area contributed by atoms with Crippen LogP contribution in [0.1, 0.15) is 10.4 Å². The van der Waals surface area contributed by atoms with E-state index in [9.17, 15) is 4.79 Å². The SMILES string of the molecule is N#COC1(C(=O)c2ccccc2Cl)C=CC=CC1Cl. The molecule has 0 spiro atoms. The Kier molecular flexibility index (Phi) is 3.94. The number of hydrogen-bond donors (Lipinski definition) is 0. The normalized spacial score (nSPS) is 24.8. The van der Waals surface area contributed by atoms with Gasteiger partial charge >= 0.3 is 0 Å². The number of halogens is 2. The minimum absolute atomic E-state index is 0.269. The lowest BCUT2D eigenvalue weighted by atomic mass is 9.86. The Labute approximate surface area is 120 Å². The van der Waals surface area contributed by atoms with Crippen LogP contribution in [0.3, 0.4) is 0 Å². The Bertz CT molecular complexity index is 604. The molecule has 0 bridgehead atoms. The maximum Gasteiger partial charge on any atom is 0.287 e. The first-order valence-corrected chi connectivity index (χ1v) is 6.30. The lowest BCUT2D eigenvalue weighted by Crippen LogP contribution is -2.47. The molecule has 2 unspecified atom stereocenters. The minimum Gasteiger partial charge on any atom is -0.406 e. The molecule has 0 aromatic heterocycles. The molecule has 96 valence electrons. The molecule has 0 radical (unpaired) electrons. The fraction of sp³-hybridized carbons (Fsp3) is 0.143. The van der Waals surface area contributed by atoms with Crippen molar-refractivity contribution in [2.75, 3.05) is 0 Å². The molecule has 2 rings (SSSR count). The summed E-state index contributed by atoms with van der Waals surface area (Å²) in [5.41, 5.74) is -1.28. The predicted molar refractivity (Wildman–Crippen MR) is 73.1 cm³/mol. The van der Waals surface area contributed by atoms with Crippen molar-refractivity contribution in [3.8, 4) is 6.26 Å². The van der Waals surface area contributed by atoms with Gasteiger partial charge in [-0.15, -0.1) is 11.6 Å². The van der Waals surface area contributed by atoms with Gasteiger partial charge < -0.3 is 4.74 Å². The number of Topliss-reactive ketones (excluding diaryl/α,β-unsaturated/α-hetero) is 1. The third-order valence-corrected chi connectivity index (χ3v) is 3.63. The summed E-state index contributed by atoms with van der Waals surface area (Å²) in [4.78, 5) is 12.6. The molecule has 1 aliphatic rings. The molecule has 1 aromatic carbocycles. The number of nitrogens with zero attached hydrogens (tertiary/aromatic N) is 1. The Balaban J connectivity index is 2.50. The highest BCUT2D eigenvalue weighted by atomic mass is 35.5. The number of rotatable bonds is 3. The van der Waals surface area contributed by atoms with Crippen molar-refractivity contribution in [3.63, 3.8) is 0 Å². The maximum absolute atomic E-state index is 12.6. The molecule has 19 heavy (non-hydrogen) atoms. The van der Waals surface area contributed by atoms with E-state index in [1.807, 2.05) is 0 Å². The van der Waals surface area contributed by atoms with Crippen molar-refractivity contribution >= 4 is 29.0 Å². The second-order valence-electron chi connectivity index (χ2n) is 3.94. The van der Waals surface area contributed by atoms with Crippen LogP contribution in [0.5, 0.6) is 0 Å². The Morgan fingerprint density at radius 3 is 2.74 bits per heavy atom. The summed E-state index contributed by atoms with van der Waals surface area (Å²) in [5, 5.41) is 8.31. The number of nitriles is 1. The third-order valence-electron chi connectivity index (χ3n) is 2.83. The van der Waals surface area contributed by atoms with Gasteiger partial charge in [0.1, 0.15) is 5.38 Å². The first kappa shape index (κ1) is 13.7. The van der Waals surface area contributed by atoms with E-state index in [0.717, 1.165) is 0 Å². The molecule has 0 saturated heterocycles. The van der Waals surface area contributed by atoms with Gasteiger partial charge in [0.05, 0.1) is 5.02 Å². The molecule has 0 amide bonds. The topological polar surface area (TPSA) is 50.1 Å². The first-order valence-electron chi connectivity index (χ1n) is 5.48. The lowest BCUT2D eigenvalue weighted by Gasteiger charge is -2.30. The van der Waals surface area contributed by atoms with Crippen LogP contribution in [-0.4, -0.2) is 16.8 Å². The largest absolute Gasteiger partial charge is 0.406 e. The summed E-state index contributed by atoms with van der Waals surface area (Å²) in [6, 6.07) is 6.57. The van der Waals surface area contributed by atoms with Gasteiger partial charge in [0.2, 0.25) is 11.4 Å². The molecule has 0 heterocycles. The number of hydrogen-bond acceptors (Lipinski definition) is 3. The highest BCUT2D eigenvalue weighted by molar-refractivity contribution is 6.35. The number of benzene rings is 1. The molecule has 5 heteroatoms. The zero-order valence-corrected chi connectivity index (χ0v) is 11.2. The average molecular weight is 294 g/mol. The fourth-order valence-electron chi connectivity index (χ4n) is 1.86. The van der Waals surface area contributed by atoms with Crippen molar-refractivity contribution in [1.82, 2.24) is 0 Å². The van der Waals surface area contributed by atoms with Gasteiger partial charge in [0.15, 0.2) is 0 Å². The summed E-state index contributed by atoms with van der Waals surface area (Å²) in [5.74, 6) is -0.444. The van der Waals surface area contributed by atoms with Crippen LogP contribution >= 0.6 is 23.2 Å². The van der Waals surface area contributed by atoms with E-state index in [2.05, 4.69) is 0 Å². The molecule has 0 fully saturated rings. The van der Waals surface area contributed by atoms with Gasteiger partial charge in [-0.2, -0.15) is 5.26 Å². The molecule has 2 atom stereocenters. The smallest absolute Gasteiger partial charge is 0.287 e. The van der Waals surface area contributed by atoms with E-state index in [-0.39, 0.29) is 5.56 Å². The molecule has 0 N–H and O–H groups in total. The highest BCUT2D eigenvalue weighted by Gasteiger charge is 2.46. The summed E-state index contributed by atoms with van der Waals surface area (Å²) < 4.78 is 4.98. The van der Waals surface area contributed by atoms with Gasteiger partial charge in [-0.1, -0.05) is 42.0 Å². The average Bonchev–Trinajstić information content (AvgIpc) is 2.41. The first-order chi connectivity index (χ1) is 9.12. The van der Waals surface area contributed by atoms with Gasteiger partial charge in [0.25, 0.3) is 6.26 Å². The van der Waals surface area contributed by atoms with Crippen molar-refractivity contribution in [3.05, 3.63) is 59.2 Å². The summed E-state index contributed by atoms with van der Waals surface area (Å²) in [6.07, 6.45) is 7.92. The van der Waals surface area contributed by atoms with Crippen molar-refractivity contribution in [2.45, 2.75) is 11.0 Å². The quantitative estimate of drug-likeness (QED) is 0.487. The second kappa shape index (κ2) is 5.48. The summed E-state index contributed by atoms with van der Waals surface area (Å²) in [6.45, 7) is 0. The number of ketones is 1. The van der Waals surface area contributed by atoms with E-state index in [4.69, 9.17) is 33.2 Å². The molecule has 1 aliphatic carbocycles. The van der Waals surface area contributed by atoms with Crippen LogP contribution in [0, 0.1) is 11.5 Å². The number of alkyl halides is 1. The molecule has 3 nitrogen and oxygen atoms in total. The monoisotopic (exact) mass is 293 g/mol. The van der Waals surface area contributed by atoms with Crippen molar-refractivity contribution in [2.24, 2.45) is 0 Å². The third kappa shape index (κ3) is 2.37. The van der Waals surface area contributed by atoms with E-state index >= 15 is 0 Å². The van der Waals surface area contributed by atoms with E-state index in [0.29, 0.717) is 5.02 Å². The summed E-state index contributed by atoms with van der Waals surface area (Å²) >= 11 is 12.1. The molecular weight excluding hydrogens is 285 g/mol. The predicted octanol–water partition coefficient (Wildman–Crippen LogP) is 3.49. The highest BCUT2D eigenvalue weighted by Crippen LogP contribution is 2.33. The van der Waals surface area contributed by atoms with E-state index < -0.39 is 16.8 Å². The van der Waals surface area contributed by atoms with Gasteiger partial charge in [-0.05, 0) is 18.2 Å². The van der Waals surface area contributed by atoms with Crippen molar-refractivity contribution in [1.29, 1.82) is 5.26 Å². The van der Waals surface area contributed by atoms with Gasteiger partial charge in [-0.25, -0.2) is 0 Å². The van der Waals surface area contributed by atoms with E-state index in [1.165, 1.54) is 6.08 Å². The standard InChI is InChI=1S/C14H9Cl2NO2/c15-11-6-2-1-5-10(11)13(18)14(19-9-17)8-4-3-7-12(14)16/h1-8,12H. The molecule has 0 saturated carbocycles. The van der Waals surface area contributed by atoms with Crippen LogP contribution in [0.15, 0.2) is 48.6 Å². The number of ether oxygens (including phenoxy) is 1. The number of allylic oxidation sites excluding steroid dienone is 2. The maximum atomic E-state index is 12.6. The van der Waals surface area contributed by atoms with Gasteiger partial charge in [0, 0.05) is 5.56 Å². The van der Waals surface area contributed by atoms with E-state index in [1.54, 1.807) is 48.7 Å². The Morgan fingerprint density at radius 2 is 2.11 bits per heavy atom. The number of carbonyl (C=O) groups is 1. The fourth-order valence-corrected chi connectivity index (χ4v) is 2.39. The van der Waals surface area contributed by atoms with Crippen LogP contribution in [0.2, 0.25) is 5.02 Å². The molecule has 1 aromatic rings. The zero-order valence-electron chi connectivity index (χ0n) is 9.72. The Morgan fingerprint density at radius 1 is 1.37 bits per heavy atom. The van der Waals surface area contributed by atoms with Crippen LogP contribution in [0.4, 0.5) is 0 Å². The van der Waals surface area contributed by atoms with Crippen LogP contribution < -0.4 is 0 Å². The van der Waals surface area contributed by atoms with Crippen LogP contribution in [0.25, 0.3) is 0 Å². The Hall–Kier alpha value is -1.76. The van der Waals surface area contributed by atoms with Crippen LogP contribution in [-0.2, 0) is 4.74 Å². The minimum atomic E-state index is -1.55. The zero-order chi connectivity index (χ0) is 13.9. The molecule has 0 aliphatic heterocycles.